The Morgan fingerprint density at radius 3 is 2.71 bits per heavy atom. The highest BCUT2D eigenvalue weighted by molar-refractivity contribution is 7.80. The molecule has 94 valence electrons. The van der Waals surface area contributed by atoms with Gasteiger partial charge in [0.25, 0.3) is 0 Å². The first-order valence-electron chi connectivity index (χ1n) is 6.12. The Labute approximate surface area is 109 Å². The van der Waals surface area contributed by atoms with Crippen LogP contribution in [0.1, 0.15) is 42.9 Å². The van der Waals surface area contributed by atoms with Gasteiger partial charge in [0.05, 0.1) is 6.61 Å². The molecule has 0 aliphatic heterocycles. The Morgan fingerprint density at radius 1 is 1.35 bits per heavy atom. The summed E-state index contributed by atoms with van der Waals surface area (Å²) in [6.45, 7) is 5.77. The third kappa shape index (κ3) is 4.84. The molecular formula is C14H21NOS. The van der Waals surface area contributed by atoms with E-state index in [4.69, 9.17) is 22.7 Å². The molecule has 0 unspecified atom stereocenters. The van der Waals surface area contributed by atoms with E-state index < -0.39 is 0 Å². The predicted molar refractivity (Wildman–Crippen MR) is 76.2 cm³/mol. The summed E-state index contributed by atoms with van der Waals surface area (Å²) in [5.74, 6) is 0. The monoisotopic (exact) mass is 251 g/mol. The van der Waals surface area contributed by atoms with Gasteiger partial charge in [0, 0.05) is 12.2 Å². The minimum Gasteiger partial charge on any atom is -0.389 e. The lowest BCUT2D eigenvalue weighted by molar-refractivity contribution is 0.116. The van der Waals surface area contributed by atoms with Gasteiger partial charge in [-0.25, -0.2) is 0 Å². The zero-order valence-electron chi connectivity index (χ0n) is 10.7. The van der Waals surface area contributed by atoms with Gasteiger partial charge in [-0.15, -0.1) is 0 Å². The molecule has 0 amide bonds. The van der Waals surface area contributed by atoms with Crippen molar-refractivity contribution in [1.82, 2.24) is 0 Å². The van der Waals surface area contributed by atoms with Crippen molar-refractivity contribution in [1.29, 1.82) is 0 Å². The maximum absolute atomic E-state index is 5.64. The normalized spacial score (nSPS) is 10.5. The molecule has 0 saturated carbocycles. The summed E-state index contributed by atoms with van der Waals surface area (Å²) in [5, 5.41) is 0. The third-order valence-electron chi connectivity index (χ3n) is 2.78. The standard InChI is InChI=1S/C14H21NOS/c1-3-4-5-8-16-10-13-7-6-12(14(15)17)9-11(13)2/h6-7,9H,3-5,8,10H2,1-2H3,(H2,15,17). The van der Waals surface area contributed by atoms with Crippen LogP contribution in [0, 0.1) is 6.92 Å². The lowest BCUT2D eigenvalue weighted by Crippen LogP contribution is -2.10. The van der Waals surface area contributed by atoms with Gasteiger partial charge >= 0.3 is 0 Å². The minimum absolute atomic E-state index is 0.448. The van der Waals surface area contributed by atoms with Crippen LogP contribution >= 0.6 is 12.2 Å². The highest BCUT2D eigenvalue weighted by atomic mass is 32.1. The summed E-state index contributed by atoms with van der Waals surface area (Å²) in [6, 6.07) is 6.02. The van der Waals surface area contributed by atoms with Gasteiger partial charge in [-0.2, -0.15) is 0 Å². The first kappa shape index (κ1) is 14.1. The van der Waals surface area contributed by atoms with E-state index in [0.717, 1.165) is 18.6 Å². The largest absolute Gasteiger partial charge is 0.389 e. The molecule has 0 fully saturated rings. The summed E-state index contributed by atoms with van der Waals surface area (Å²) in [7, 11) is 0. The average Bonchev–Trinajstić information content (AvgIpc) is 2.30. The Kier molecular flexibility index (Phi) is 6.16. The zero-order chi connectivity index (χ0) is 12.7. The number of unbranched alkanes of at least 4 members (excludes halogenated alkanes) is 2. The maximum atomic E-state index is 5.64. The topological polar surface area (TPSA) is 35.2 Å². The minimum atomic E-state index is 0.448. The summed E-state index contributed by atoms with van der Waals surface area (Å²) >= 11 is 4.95. The number of hydrogen-bond acceptors (Lipinski definition) is 2. The fourth-order valence-electron chi connectivity index (χ4n) is 1.65. The molecule has 1 rings (SSSR count). The zero-order valence-corrected chi connectivity index (χ0v) is 11.5. The molecule has 2 nitrogen and oxygen atoms in total. The van der Waals surface area contributed by atoms with Crippen LogP contribution < -0.4 is 5.73 Å². The highest BCUT2D eigenvalue weighted by Crippen LogP contribution is 2.12. The molecular weight excluding hydrogens is 230 g/mol. The Bertz CT molecular complexity index is 376. The molecule has 0 atom stereocenters. The van der Waals surface area contributed by atoms with Crippen LogP contribution in [-0.4, -0.2) is 11.6 Å². The summed E-state index contributed by atoms with van der Waals surface area (Å²) < 4.78 is 5.64. The summed E-state index contributed by atoms with van der Waals surface area (Å²) in [6.07, 6.45) is 3.60. The van der Waals surface area contributed by atoms with Gasteiger partial charge in [0.1, 0.15) is 4.99 Å². The van der Waals surface area contributed by atoms with Crippen molar-refractivity contribution in [3.8, 4) is 0 Å². The molecule has 2 N–H and O–H groups in total. The Morgan fingerprint density at radius 2 is 2.12 bits per heavy atom. The fourth-order valence-corrected chi connectivity index (χ4v) is 1.77. The number of benzene rings is 1. The van der Waals surface area contributed by atoms with E-state index in [1.807, 2.05) is 18.2 Å². The molecule has 0 spiro atoms. The highest BCUT2D eigenvalue weighted by Gasteiger charge is 2.02. The molecule has 0 radical (unpaired) electrons. The molecule has 0 aromatic heterocycles. The van der Waals surface area contributed by atoms with Crippen LogP contribution in [0.25, 0.3) is 0 Å². The van der Waals surface area contributed by atoms with Gasteiger partial charge in [-0.1, -0.05) is 44.1 Å². The molecule has 17 heavy (non-hydrogen) atoms. The Balaban J connectivity index is 2.46. The fraction of sp³-hybridized carbons (Fsp3) is 0.500. The van der Waals surface area contributed by atoms with E-state index in [1.54, 1.807) is 0 Å². The van der Waals surface area contributed by atoms with E-state index in [-0.39, 0.29) is 0 Å². The van der Waals surface area contributed by atoms with Gasteiger partial charge in [-0.3, -0.25) is 0 Å². The number of ether oxygens (including phenoxy) is 1. The van der Waals surface area contributed by atoms with Crippen LogP contribution in [-0.2, 0) is 11.3 Å². The smallest absolute Gasteiger partial charge is 0.103 e. The molecule has 0 heterocycles. The van der Waals surface area contributed by atoms with E-state index in [9.17, 15) is 0 Å². The van der Waals surface area contributed by atoms with Gasteiger partial charge < -0.3 is 10.5 Å². The third-order valence-corrected chi connectivity index (χ3v) is 3.01. The first-order chi connectivity index (χ1) is 8.15. The molecule has 3 heteroatoms. The molecule has 0 aliphatic rings. The molecule has 0 aliphatic carbocycles. The molecule has 1 aromatic carbocycles. The van der Waals surface area contributed by atoms with Crippen molar-refractivity contribution in [2.45, 2.75) is 39.7 Å². The van der Waals surface area contributed by atoms with E-state index in [1.165, 1.54) is 24.0 Å². The number of hydrogen-bond donors (Lipinski definition) is 1. The van der Waals surface area contributed by atoms with Crippen molar-refractivity contribution >= 4 is 17.2 Å². The second-order valence-corrected chi connectivity index (χ2v) is 4.71. The maximum Gasteiger partial charge on any atom is 0.103 e. The van der Waals surface area contributed by atoms with E-state index in [0.29, 0.717) is 11.6 Å². The van der Waals surface area contributed by atoms with Crippen LogP contribution in [0.5, 0.6) is 0 Å². The van der Waals surface area contributed by atoms with Crippen molar-refractivity contribution in [3.05, 3.63) is 34.9 Å². The van der Waals surface area contributed by atoms with Crippen LogP contribution in [0.2, 0.25) is 0 Å². The number of aryl methyl sites for hydroxylation is 1. The second-order valence-electron chi connectivity index (χ2n) is 4.27. The van der Waals surface area contributed by atoms with Gasteiger partial charge in [0.2, 0.25) is 0 Å². The second kappa shape index (κ2) is 7.41. The van der Waals surface area contributed by atoms with Crippen molar-refractivity contribution in [2.24, 2.45) is 5.73 Å². The molecule has 0 saturated heterocycles. The van der Waals surface area contributed by atoms with Crippen molar-refractivity contribution in [2.75, 3.05) is 6.61 Å². The lowest BCUT2D eigenvalue weighted by atomic mass is 10.1. The summed E-state index contributed by atoms with van der Waals surface area (Å²) in [5.41, 5.74) is 8.91. The van der Waals surface area contributed by atoms with Crippen LogP contribution in [0.4, 0.5) is 0 Å². The molecule has 1 aromatic rings. The SMILES string of the molecule is CCCCCOCc1ccc(C(N)=S)cc1C. The number of rotatable bonds is 7. The predicted octanol–water partition coefficient (Wildman–Crippen LogP) is 3.34. The van der Waals surface area contributed by atoms with Crippen molar-refractivity contribution < 1.29 is 4.74 Å². The van der Waals surface area contributed by atoms with Crippen LogP contribution in [0.3, 0.4) is 0 Å². The van der Waals surface area contributed by atoms with Gasteiger partial charge in [-0.05, 0) is 30.5 Å². The quantitative estimate of drug-likeness (QED) is 0.596. The van der Waals surface area contributed by atoms with Gasteiger partial charge in [0.15, 0.2) is 0 Å². The van der Waals surface area contributed by atoms with Crippen LogP contribution in [0.15, 0.2) is 18.2 Å². The lowest BCUT2D eigenvalue weighted by Gasteiger charge is -2.08. The van der Waals surface area contributed by atoms with E-state index >= 15 is 0 Å². The van der Waals surface area contributed by atoms with E-state index in [2.05, 4.69) is 13.8 Å². The number of thiocarbonyl (C=S) groups is 1. The average molecular weight is 251 g/mol. The van der Waals surface area contributed by atoms with Crippen molar-refractivity contribution in [3.63, 3.8) is 0 Å². The molecule has 0 bridgehead atoms. The Hall–Kier alpha value is -0.930. The number of nitrogens with two attached hydrogens (primary N) is 1. The first-order valence-corrected chi connectivity index (χ1v) is 6.53. The summed E-state index contributed by atoms with van der Waals surface area (Å²) in [4.78, 5) is 0.448.